The molecule has 0 bridgehead atoms. The molecule has 386 valence electrons. The molecule has 0 aromatic heterocycles. The van der Waals surface area contributed by atoms with E-state index in [1.165, 1.54) is 100 Å². The van der Waals surface area contributed by atoms with E-state index >= 15 is 0 Å². The molecule has 10 rings (SSSR count). The molecule has 2 aliphatic carbocycles. The summed E-state index contributed by atoms with van der Waals surface area (Å²) < 4.78 is 6.21. The second kappa shape index (κ2) is 19.7. The van der Waals surface area contributed by atoms with Crippen molar-refractivity contribution >= 4 is 19.0 Å². The quantitative estimate of drug-likeness (QED) is 0.120. The van der Waals surface area contributed by atoms with E-state index in [9.17, 15) is 0 Å². The van der Waals surface area contributed by atoms with Gasteiger partial charge in [0.25, 0.3) is 0 Å². The summed E-state index contributed by atoms with van der Waals surface area (Å²) >= 11 is -4.55. The third-order valence-electron chi connectivity index (χ3n) is 17.2. The van der Waals surface area contributed by atoms with Gasteiger partial charge in [-0.1, -0.05) is 0 Å². The van der Waals surface area contributed by atoms with E-state index in [1.54, 1.807) is 11.1 Å². The molecule has 0 aliphatic heterocycles. The number of allylic oxidation sites excluding steroid dienone is 2. The van der Waals surface area contributed by atoms with Gasteiger partial charge < -0.3 is 0 Å². The zero-order valence-corrected chi connectivity index (χ0v) is 52.1. The molecule has 76 heavy (non-hydrogen) atoms. The number of hydrogen-bond donors (Lipinski definition) is 0. The molecule has 8 aromatic carbocycles. The summed E-state index contributed by atoms with van der Waals surface area (Å²) in [4.78, 5) is 0. The van der Waals surface area contributed by atoms with E-state index in [4.69, 9.17) is 0 Å². The third-order valence-corrected chi connectivity index (χ3v) is 34.6. The maximum atomic E-state index is 2.87. The molecule has 0 amide bonds. The van der Waals surface area contributed by atoms with E-state index < -0.39 is 17.4 Å². The van der Waals surface area contributed by atoms with E-state index in [2.05, 4.69) is 293 Å². The van der Waals surface area contributed by atoms with Gasteiger partial charge in [0.2, 0.25) is 0 Å². The fraction of sp³-hybridized carbons (Fsp3) is 0.297. The average molecular weight is 1090 g/mol. The van der Waals surface area contributed by atoms with Crippen LogP contribution in [0.4, 0.5) is 0 Å². The van der Waals surface area contributed by atoms with Crippen LogP contribution in [0.25, 0.3) is 56.7 Å². The van der Waals surface area contributed by atoms with Crippen molar-refractivity contribution in [2.24, 2.45) is 0 Å². The predicted octanol–water partition coefficient (Wildman–Crippen LogP) is 19.9. The number of fused-ring (bicyclic) bond motifs is 2. The summed E-state index contributed by atoms with van der Waals surface area (Å²) in [5, 5.41) is 0. The number of rotatable bonds is 10. The summed E-state index contributed by atoms with van der Waals surface area (Å²) in [6.07, 6.45) is 7.20. The molecule has 0 fully saturated rings. The zero-order chi connectivity index (χ0) is 54.2. The van der Waals surface area contributed by atoms with Gasteiger partial charge in [0, 0.05) is 0 Å². The van der Waals surface area contributed by atoms with Crippen LogP contribution in [0, 0.1) is 0 Å². The van der Waals surface area contributed by atoms with Crippen molar-refractivity contribution in [1.29, 1.82) is 0 Å². The van der Waals surface area contributed by atoms with Crippen molar-refractivity contribution in [1.82, 2.24) is 0 Å². The number of hydrogen-bond acceptors (Lipinski definition) is 0. The van der Waals surface area contributed by atoms with Gasteiger partial charge >= 0.3 is 464 Å². The van der Waals surface area contributed by atoms with Gasteiger partial charge in [-0.3, -0.25) is 0 Å². The molecule has 8 aromatic rings. The van der Waals surface area contributed by atoms with Crippen molar-refractivity contribution in [2.75, 3.05) is 0 Å². The first-order valence-electron chi connectivity index (χ1n) is 28.1. The second-order valence-corrected chi connectivity index (χ2v) is 58.3. The Morgan fingerprint density at radius 3 is 0.842 bits per heavy atom. The van der Waals surface area contributed by atoms with E-state index in [0.717, 1.165) is 12.8 Å². The zero-order valence-electron chi connectivity index (χ0n) is 48.3. The van der Waals surface area contributed by atoms with Crippen LogP contribution < -0.4 is 0 Å². The van der Waals surface area contributed by atoms with Crippen LogP contribution in [0.15, 0.2) is 193 Å². The van der Waals surface area contributed by atoms with E-state index in [-0.39, 0.29) is 28.9 Å². The van der Waals surface area contributed by atoms with Gasteiger partial charge in [0.1, 0.15) is 0 Å². The Balaban J connectivity index is 1.28. The van der Waals surface area contributed by atoms with Gasteiger partial charge in [-0.25, -0.2) is 0 Å². The average Bonchev–Trinajstić information content (AvgIpc) is 4.11. The molecule has 2 unspecified atom stereocenters. The van der Waals surface area contributed by atoms with Gasteiger partial charge in [-0.15, -0.1) is 0 Å². The fourth-order valence-corrected chi connectivity index (χ4v) is 32.4. The van der Waals surface area contributed by atoms with Crippen molar-refractivity contribution in [2.45, 2.75) is 134 Å². The molecule has 0 radical (unpaired) electrons. The van der Waals surface area contributed by atoms with Gasteiger partial charge in [0.15, 0.2) is 0 Å². The first-order chi connectivity index (χ1) is 35.7. The molecular formula is C74H82SiZr. The SMILES string of the molecule is CC(C)(C)c1ccc(-c2ccc(-c3ccc(C(C)(C)C)cc3)c3c2C=C(Cc2ccccc2)[CH]3[Zr]([CH3])([CH3])(=[SiH2])[CH]2C(Cc3ccccc3)=Cc3c(-c4ccc(C(C)(C)C)cc4)ccc(-c4ccc(C(C)(C)C)cc4)c32)cc1. The first-order valence-corrected chi connectivity index (χ1v) is 41.8. The van der Waals surface area contributed by atoms with E-state index in [0.29, 0.717) is 0 Å². The third kappa shape index (κ3) is 10.4. The minimum absolute atomic E-state index is 0.0547. The van der Waals surface area contributed by atoms with Crippen LogP contribution in [0.3, 0.4) is 0 Å². The van der Waals surface area contributed by atoms with Crippen molar-refractivity contribution in [3.8, 4) is 44.5 Å². The normalized spacial score (nSPS) is 16.0. The second-order valence-electron chi connectivity index (χ2n) is 27.9. The van der Waals surface area contributed by atoms with Crippen LogP contribution >= 0.6 is 0 Å². The van der Waals surface area contributed by atoms with Crippen LogP contribution in [-0.4, -0.2) is 6.88 Å². The standard InChI is InChI=1S/2C36H37.2CH3.H2Si.Zr/c2*1-35(2,3)29-16-12-27(13-17-29)31-20-21-32(28-14-18-30(19-15-28)36(4,5)6)34-24-26(23-33(31)34)22-25-10-8-7-9-11-25;;;;/h2*7-21,23-24H,22H2,1-6H3;2*1H3;1H2;. The summed E-state index contributed by atoms with van der Waals surface area (Å²) in [5.41, 5.74) is 28.1. The van der Waals surface area contributed by atoms with E-state index in [1.807, 2.05) is 0 Å². The van der Waals surface area contributed by atoms with Crippen molar-refractivity contribution in [3.63, 3.8) is 0 Å². The molecule has 0 nitrogen and oxygen atoms in total. The predicted molar refractivity (Wildman–Crippen MR) is 331 cm³/mol. The molecule has 2 heteroatoms. The van der Waals surface area contributed by atoms with Crippen molar-refractivity contribution in [3.05, 3.63) is 249 Å². The monoisotopic (exact) mass is 1090 g/mol. The van der Waals surface area contributed by atoms with Gasteiger partial charge in [0.05, 0.1) is 0 Å². The summed E-state index contributed by atoms with van der Waals surface area (Å²) in [6, 6.07) is 70.9. The van der Waals surface area contributed by atoms with Crippen LogP contribution in [0.2, 0.25) is 9.26 Å². The Labute approximate surface area is 460 Å². The summed E-state index contributed by atoms with van der Waals surface area (Å²) in [7, 11) is 0. The molecule has 0 spiro atoms. The molecular weight excluding hydrogens is 1010 g/mol. The van der Waals surface area contributed by atoms with Crippen molar-refractivity contribution < 1.29 is 17.4 Å². The maximum absolute atomic E-state index is 4.55. The van der Waals surface area contributed by atoms with Crippen LogP contribution in [0.1, 0.15) is 146 Å². The molecule has 0 N–H and O–H groups in total. The summed E-state index contributed by atoms with van der Waals surface area (Å²) in [6.45, 7) is 30.4. The molecule has 0 heterocycles. The Morgan fingerprint density at radius 2 is 0.579 bits per heavy atom. The van der Waals surface area contributed by atoms with Gasteiger partial charge in [-0.2, -0.15) is 0 Å². The fourth-order valence-electron chi connectivity index (χ4n) is 13.0. The Morgan fingerprint density at radius 1 is 0.329 bits per heavy atom. The Hall–Kier alpha value is -5.66. The Kier molecular flexibility index (Phi) is 13.9. The molecule has 2 atom stereocenters. The first kappa shape index (κ1) is 53.7. The van der Waals surface area contributed by atoms with Crippen LogP contribution in [-0.2, 0) is 51.9 Å². The summed E-state index contributed by atoms with van der Waals surface area (Å²) in [5.74, 6) is 0. The Bertz CT molecular complexity index is 3330. The molecule has 0 saturated carbocycles. The van der Waals surface area contributed by atoms with Gasteiger partial charge in [-0.05, 0) is 0 Å². The minimum atomic E-state index is -4.55. The molecule has 0 saturated heterocycles. The molecule has 2 aliphatic rings. The number of benzene rings is 8. The topological polar surface area (TPSA) is 0 Å². The van der Waals surface area contributed by atoms with Crippen LogP contribution in [0.5, 0.6) is 0 Å².